The van der Waals surface area contributed by atoms with Crippen LogP contribution in [-0.4, -0.2) is 15.6 Å². The van der Waals surface area contributed by atoms with Gasteiger partial charge in [0.15, 0.2) is 5.78 Å². The highest BCUT2D eigenvalue weighted by Gasteiger charge is 2.60. The van der Waals surface area contributed by atoms with Crippen molar-refractivity contribution in [2.24, 2.45) is 34.5 Å². The monoisotopic (exact) mass is 380 g/mol. The van der Waals surface area contributed by atoms with E-state index in [4.69, 9.17) is 0 Å². The number of carbonyl (C=O) groups excluding carboxylic acids is 1. The average molecular weight is 381 g/mol. The number of carbonyl (C=O) groups is 1. The number of fused-ring (bicyclic) bond motifs is 5. The smallest absolute Gasteiger partial charge is 0.165 e. The first-order chi connectivity index (χ1) is 13.5. The summed E-state index contributed by atoms with van der Waals surface area (Å²) in [6.07, 6.45) is 16.0. The van der Waals surface area contributed by atoms with Gasteiger partial charge in [0.25, 0.3) is 0 Å². The minimum atomic E-state index is -0.127. The summed E-state index contributed by atoms with van der Waals surface area (Å²) in [6, 6.07) is 2.05. The number of nitrogens with zero attached hydrogens (tertiary/aromatic N) is 2. The van der Waals surface area contributed by atoms with Crippen LogP contribution in [0.1, 0.15) is 84.3 Å². The molecule has 3 heteroatoms. The molecule has 4 fully saturated rings. The van der Waals surface area contributed by atoms with Gasteiger partial charge in [-0.05, 0) is 98.7 Å². The molecule has 1 heterocycles. The summed E-state index contributed by atoms with van der Waals surface area (Å²) < 4.78 is 1.95. The summed E-state index contributed by atoms with van der Waals surface area (Å²) in [4.78, 5) is 13.5. The van der Waals surface area contributed by atoms with Crippen molar-refractivity contribution in [3.8, 4) is 0 Å². The number of hydrogen-bond donors (Lipinski definition) is 0. The Morgan fingerprint density at radius 2 is 2.00 bits per heavy atom. The molecule has 0 N–H and O–H groups in total. The molecule has 0 amide bonds. The maximum Gasteiger partial charge on any atom is 0.165 e. The van der Waals surface area contributed by atoms with E-state index >= 15 is 0 Å². The van der Waals surface area contributed by atoms with E-state index < -0.39 is 0 Å². The van der Waals surface area contributed by atoms with Crippen LogP contribution in [0.5, 0.6) is 0 Å². The van der Waals surface area contributed by atoms with Crippen LogP contribution >= 0.6 is 0 Å². The number of hydrogen-bond acceptors (Lipinski definition) is 2. The Kier molecular flexibility index (Phi) is 4.37. The van der Waals surface area contributed by atoms with Crippen LogP contribution in [0.4, 0.5) is 0 Å². The molecule has 0 unspecified atom stereocenters. The Morgan fingerprint density at radius 3 is 2.79 bits per heavy atom. The van der Waals surface area contributed by atoms with E-state index in [0.717, 1.165) is 48.4 Å². The van der Waals surface area contributed by atoms with Gasteiger partial charge in [0.05, 0.1) is 5.69 Å². The standard InChI is InChI=1S/C25H36N2O/c1-4-27-14-11-19(26-27)15-17-16-22-20-9-8-18-7-5-6-12-24(18,2)21(20)10-13-25(22,3)23(17)28/h11,14-15,18,20-22H,4-10,12-13,16H2,1-3H3/b17-15+/t18-,20-,21+,22+,24-,25+/m0/s1. The van der Waals surface area contributed by atoms with Gasteiger partial charge in [0.1, 0.15) is 0 Å². The van der Waals surface area contributed by atoms with Gasteiger partial charge < -0.3 is 0 Å². The Bertz CT molecular complexity index is 807. The summed E-state index contributed by atoms with van der Waals surface area (Å²) in [5, 5.41) is 4.60. The normalized spacial score (nSPS) is 44.2. The summed E-state index contributed by atoms with van der Waals surface area (Å²) >= 11 is 0. The lowest BCUT2D eigenvalue weighted by Gasteiger charge is -2.59. The second-order valence-electron chi connectivity index (χ2n) is 10.7. The lowest BCUT2D eigenvalue weighted by Crippen LogP contribution is -2.52. The molecular weight excluding hydrogens is 344 g/mol. The number of aromatic nitrogens is 2. The zero-order chi connectivity index (χ0) is 19.5. The minimum Gasteiger partial charge on any atom is -0.294 e. The van der Waals surface area contributed by atoms with Gasteiger partial charge >= 0.3 is 0 Å². The molecule has 0 bridgehead atoms. The van der Waals surface area contributed by atoms with Crippen molar-refractivity contribution in [1.29, 1.82) is 0 Å². The minimum absolute atomic E-state index is 0.127. The van der Waals surface area contributed by atoms with Crippen molar-refractivity contribution in [2.45, 2.75) is 85.1 Å². The molecule has 0 saturated heterocycles. The van der Waals surface area contributed by atoms with Crippen LogP contribution < -0.4 is 0 Å². The number of ketones is 1. The maximum atomic E-state index is 13.5. The van der Waals surface area contributed by atoms with Crippen LogP contribution in [0.25, 0.3) is 6.08 Å². The molecule has 6 atom stereocenters. The molecule has 28 heavy (non-hydrogen) atoms. The van der Waals surface area contributed by atoms with Gasteiger partial charge in [0.2, 0.25) is 0 Å². The van der Waals surface area contributed by atoms with Crippen LogP contribution in [0, 0.1) is 34.5 Å². The first-order valence-electron chi connectivity index (χ1n) is 11.7. The Labute approximate surface area is 170 Å². The number of aryl methyl sites for hydroxylation is 1. The predicted octanol–water partition coefficient (Wildman–Crippen LogP) is 5.90. The fourth-order valence-electron chi connectivity index (χ4n) is 7.90. The third-order valence-corrected chi connectivity index (χ3v) is 9.53. The van der Waals surface area contributed by atoms with Crippen molar-refractivity contribution in [3.63, 3.8) is 0 Å². The summed E-state index contributed by atoms with van der Waals surface area (Å²) in [7, 11) is 0. The third-order valence-electron chi connectivity index (χ3n) is 9.53. The lowest BCUT2D eigenvalue weighted by atomic mass is 9.45. The van der Waals surface area contributed by atoms with Crippen molar-refractivity contribution in [3.05, 3.63) is 23.5 Å². The van der Waals surface area contributed by atoms with E-state index in [-0.39, 0.29) is 5.41 Å². The number of rotatable bonds is 2. The molecule has 5 rings (SSSR count). The molecule has 4 saturated carbocycles. The third kappa shape index (κ3) is 2.60. The van der Waals surface area contributed by atoms with E-state index in [1.54, 1.807) is 0 Å². The molecule has 0 spiro atoms. The van der Waals surface area contributed by atoms with Crippen LogP contribution in [0.3, 0.4) is 0 Å². The molecule has 0 radical (unpaired) electrons. The average Bonchev–Trinajstić information content (AvgIpc) is 3.25. The zero-order valence-corrected chi connectivity index (χ0v) is 17.9. The van der Waals surface area contributed by atoms with Crippen molar-refractivity contribution in [2.75, 3.05) is 0 Å². The SMILES string of the molecule is CCn1ccc(/C=C2\C[C@@H]3[C@H]4CC[C@@H]5CCCC[C@]5(C)[C@@H]4CC[C@@]3(C)C2=O)n1. The second-order valence-corrected chi connectivity index (χ2v) is 10.7. The topological polar surface area (TPSA) is 34.9 Å². The fraction of sp³-hybridized carbons (Fsp3) is 0.760. The van der Waals surface area contributed by atoms with Crippen molar-refractivity contribution in [1.82, 2.24) is 9.78 Å². The first-order valence-corrected chi connectivity index (χ1v) is 11.7. The summed E-state index contributed by atoms with van der Waals surface area (Å²) in [5.41, 5.74) is 2.41. The van der Waals surface area contributed by atoms with E-state index in [1.165, 1.54) is 44.9 Å². The zero-order valence-electron chi connectivity index (χ0n) is 17.9. The Balaban J connectivity index is 1.45. The lowest BCUT2D eigenvalue weighted by molar-refractivity contribution is -0.137. The molecule has 0 aromatic carbocycles. The Morgan fingerprint density at radius 1 is 1.14 bits per heavy atom. The maximum absolute atomic E-state index is 13.5. The van der Waals surface area contributed by atoms with Gasteiger partial charge in [0, 0.05) is 18.2 Å². The quantitative estimate of drug-likeness (QED) is 0.599. The molecule has 1 aromatic heterocycles. The van der Waals surface area contributed by atoms with Gasteiger partial charge in [-0.25, -0.2) is 0 Å². The van der Waals surface area contributed by atoms with Crippen molar-refractivity contribution < 1.29 is 4.79 Å². The molecule has 152 valence electrons. The Hall–Kier alpha value is -1.38. The van der Waals surface area contributed by atoms with Crippen molar-refractivity contribution >= 4 is 11.9 Å². The molecule has 4 aliphatic carbocycles. The van der Waals surface area contributed by atoms with E-state index in [0.29, 0.717) is 17.1 Å². The van der Waals surface area contributed by atoms with E-state index in [2.05, 4.69) is 31.9 Å². The summed E-state index contributed by atoms with van der Waals surface area (Å²) in [6.45, 7) is 7.88. The second kappa shape index (κ2) is 6.57. The van der Waals surface area contributed by atoms with Crippen LogP contribution in [-0.2, 0) is 11.3 Å². The van der Waals surface area contributed by atoms with E-state index in [9.17, 15) is 4.79 Å². The highest BCUT2D eigenvalue weighted by atomic mass is 16.1. The fourth-order valence-corrected chi connectivity index (χ4v) is 7.90. The predicted molar refractivity (Wildman–Crippen MR) is 113 cm³/mol. The first kappa shape index (κ1) is 18.6. The largest absolute Gasteiger partial charge is 0.294 e. The van der Waals surface area contributed by atoms with Crippen LogP contribution in [0.15, 0.2) is 17.8 Å². The molecular formula is C25H36N2O. The molecule has 1 aromatic rings. The molecule has 4 aliphatic rings. The van der Waals surface area contributed by atoms with Gasteiger partial charge in [-0.2, -0.15) is 5.10 Å². The van der Waals surface area contributed by atoms with Gasteiger partial charge in [-0.15, -0.1) is 0 Å². The van der Waals surface area contributed by atoms with Gasteiger partial charge in [-0.1, -0.05) is 26.7 Å². The molecule has 3 nitrogen and oxygen atoms in total. The highest BCUT2D eigenvalue weighted by molar-refractivity contribution is 6.05. The van der Waals surface area contributed by atoms with Crippen LogP contribution in [0.2, 0.25) is 0 Å². The summed E-state index contributed by atoms with van der Waals surface area (Å²) in [5.74, 6) is 3.52. The van der Waals surface area contributed by atoms with Gasteiger partial charge in [-0.3, -0.25) is 9.48 Å². The number of allylic oxidation sites excluding steroid dienone is 1. The molecule has 0 aliphatic heterocycles. The van der Waals surface area contributed by atoms with E-state index in [1.807, 2.05) is 16.9 Å². The highest BCUT2D eigenvalue weighted by Crippen LogP contribution is 2.66. The number of Topliss-reactive ketones (excluding diaryl/α,β-unsaturated/α-hetero) is 1.